The summed E-state index contributed by atoms with van der Waals surface area (Å²) in [7, 11) is 0. The second-order valence-electron chi connectivity index (χ2n) is 6.31. The molecule has 0 aliphatic carbocycles. The summed E-state index contributed by atoms with van der Waals surface area (Å²) in [4.78, 5) is 46.9. The Morgan fingerprint density at radius 2 is 1.91 bits per heavy atom. The van der Waals surface area contributed by atoms with Crippen molar-refractivity contribution < 1.29 is 29.3 Å². The molecule has 0 spiro atoms. The number of hydrogen-bond donors (Lipinski definition) is 2. The van der Waals surface area contributed by atoms with E-state index in [0.717, 1.165) is 17.0 Å². The van der Waals surface area contributed by atoms with Gasteiger partial charge in [-0.25, -0.2) is 0 Å². The predicted molar refractivity (Wildman–Crippen MR) is 115 cm³/mol. The Balaban J connectivity index is 2.12. The molecule has 12 nitrogen and oxygen atoms in total. The molecule has 0 atom stereocenters. The monoisotopic (exact) mass is 458 g/mol. The van der Waals surface area contributed by atoms with Crippen LogP contribution in [0.15, 0.2) is 42.0 Å². The van der Waals surface area contributed by atoms with Crippen LogP contribution in [0.5, 0.6) is 11.5 Å². The first-order valence-corrected chi connectivity index (χ1v) is 9.35. The number of carbonyl (C=O) groups is 2. The third-order valence-corrected chi connectivity index (χ3v) is 4.58. The van der Waals surface area contributed by atoms with Crippen LogP contribution in [0, 0.1) is 20.2 Å². The number of anilines is 1. The summed E-state index contributed by atoms with van der Waals surface area (Å²) in [6, 6.07) is 7.69. The standard InChI is InChI=1S/C19H14N4O8S/c1-2-31-13-5-3-4-11(8-13)21-18(26)14(17(25)20-19(21)32)7-10-6-12(22(27)28)9-15(16(10)24)23(29)30/h3-9,24H,2H2,1H3,(H,20,25,32)/b14-7-. The topological polar surface area (TPSA) is 165 Å². The third-order valence-electron chi connectivity index (χ3n) is 4.30. The molecule has 1 saturated heterocycles. The fourth-order valence-corrected chi connectivity index (χ4v) is 3.19. The number of nitrogens with one attached hydrogen (secondary N) is 1. The summed E-state index contributed by atoms with van der Waals surface area (Å²) in [5.74, 6) is -2.34. The zero-order chi connectivity index (χ0) is 23.6. The van der Waals surface area contributed by atoms with Gasteiger partial charge in [-0.05, 0) is 37.4 Å². The van der Waals surface area contributed by atoms with Crippen LogP contribution in [0.2, 0.25) is 0 Å². The van der Waals surface area contributed by atoms with Crippen LogP contribution in [0.1, 0.15) is 12.5 Å². The van der Waals surface area contributed by atoms with Gasteiger partial charge in [-0.3, -0.25) is 40.0 Å². The zero-order valence-electron chi connectivity index (χ0n) is 16.3. The summed E-state index contributed by atoms with van der Waals surface area (Å²) in [5.41, 5.74) is -2.40. The van der Waals surface area contributed by atoms with Crippen molar-refractivity contribution in [3.63, 3.8) is 0 Å². The number of thiocarbonyl (C=S) groups is 1. The molecule has 2 N–H and O–H groups in total. The van der Waals surface area contributed by atoms with Crippen LogP contribution >= 0.6 is 12.2 Å². The molecule has 164 valence electrons. The number of rotatable bonds is 6. The van der Waals surface area contributed by atoms with Crippen molar-refractivity contribution in [1.82, 2.24) is 5.32 Å². The van der Waals surface area contributed by atoms with Crippen molar-refractivity contribution in [2.24, 2.45) is 0 Å². The van der Waals surface area contributed by atoms with E-state index in [1.807, 2.05) is 0 Å². The number of amides is 2. The van der Waals surface area contributed by atoms with Crippen LogP contribution in [0.3, 0.4) is 0 Å². The Bertz CT molecular complexity index is 1210. The molecule has 1 aliphatic rings. The van der Waals surface area contributed by atoms with Crippen molar-refractivity contribution in [2.75, 3.05) is 11.5 Å². The van der Waals surface area contributed by atoms with Crippen molar-refractivity contribution in [3.8, 4) is 11.5 Å². The molecule has 0 aromatic heterocycles. The number of carbonyl (C=O) groups excluding carboxylic acids is 2. The lowest BCUT2D eigenvalue weighted by Gasteiger charge is -2.29. The summed E-state index contributed by atoms with van der Waals surface area (Å²) in [5, 5.41) is 34.6. The third kappa shape index (κ3) is 4.22. The first-order valence-electron chi connectivity index (χ1n) is 8.94. The highest BCUT2D eigenvalue weighted by molar-refractivity contribution is 7.80. The molecule has 32 heavy (non-hydrogen) atoms. The molecular formula is C19H14N4O8S. The van der Waals surface area contributed by atoms with Gasteiger partial charge >= 0.3 is 5.69 Å². The summed E-state index contributed by atoms with van der Waals surface area (Å²) >= 11 is 5.10. The minimum absolute atomic E-state index is 0.222. The highest BCUT2D eigenvalue weighted by Gasteiger charge is 2.35. The average Bonchev–Trinajstić information content (AvgIpc) is 2.72. The van der Waals surface area contributed by atoms with Gasteiger partial charge in [-0.2, -0.15) is 0 Å². The van der Waals surface area contributed by atoms with Gasteiger partial charge < -0.3 is 9.84 Å². The average molecular weight is 458 g/mol. The Morgan fingerprint density at radius 3 is 2.53 bits per heavy atom. The van der Waals surface area contributed by atoms with E-state index in [4.69, 9.17) is 17.0 Å². The second kappa shape index (κ2) is 8.77. The molecular weight excluding hydrogens is 444 g/mol. The highest BCUT2D eigenvalue weighted by atomic mass is 32.1. The molecule has 0 unspecified atom stereocenters. The Labute approximate surface area is 185 Å². The lowest BCUT2D eigenvalue weighted by Crippen LogP contribution is -2.54. The summed E-state index contributed by atoms with van der Waals surface area (Å²) in [6.07, 6.45) is 0.828. The minimum atomic E-state index is -1.02. The van der Waals surface area contributed by atoms with E-state index in [2.05, 4.69) is 5.32 Å². The fourth-order valence-electron chi connectivity index (χ4n) is 2.91. The van der Waals surface area contributed by atoms with E-state index < -0.39 is 49.9 Å². The SMILES string of the molecule is CCOc1cccc(N2C(=O)/C(=C\c3cc([N+](=O)[O-])cc([N+](=O)[O-])c3O)C(=O)NC2=S)c1. The molecule has 13 heteroatoms. The smallest absolute Gasteiger partial charge is 0.318 e. The molecule has 2 amide bonds. The number of nitrogens with zero attached hydrogens (tertiary/aromatic N) is 3. The lowest BCUT2D eigenvalue weighted by molar-refractivity contribution is -0.394. The number of phenolic OH excluding ortho intramolecular Hbond substituents is 1. The summed E-state index contributed by atoms with van der Waals surface area (Å²) < 4.78 is 5.39. The maximum atomic E-state index is 13.1. The number of nitro groups is 2. The first-order chi connectivity index (χ1) is 15.1. The molecule has 1 heterocycles. The minimum Gasteiger partial charge on any atom is -0.502 e. The van der Waals surface area contributed by atoms with Crippen LogP contribution in [-0.4, -0.2) is 38.5 Å². The molecule has 1 fully saturated rings. The number of aromatic hydroxyl groups is 1. The van der Waals surface area contributed by atoms with Crippen molar-refractivity contribution in [3.05, 3.63) is 67.8 Å². The van der Waals surface area contributed by atoms with E-state index in [1.54, 1.807) is 19.1 Å². The number of nitro benzene ring substituents is 2. The molecule has 0 bridgehead atoms. The molecule has 2 aromatic carbocycles. The number of benzene rings is 2. The molecule has 0 saturated carbocycles. The number of non-ortho nitro benzene ring substituents is 1. The Hall–Kier alpha value is -4.39. The van der Waals surface area contributed by atoms with Gasteiger partial charge in [0.25, 0.3) is 17.5 Å². The lowest BCUT2D eigenvalue weighted by atomic mass is 10.0. The highest BCUT2D eigenvalue weighted by Crippen LogP contribution is 2.36. The normalized spacial score (nSPS) is 15.0. The maximum absolute atomic E-state index is 13.1. The van der Waals surface area contributed by atoms with Crippen molar-refractivity contribution in [2.45, 2.75) is 6.92 Å². The van der Waals surface area contributed by atoms with Gasteiger partial charge in [0.15, 0.2) is 5.11 Å². The fraction of sp³-hybridized carbons (Fsp3) is 0.105. The van der Waals surface area contributed by atoms with Crippen molar-refractivity contribution in [1.29, 1.82) is 0 Å². The quantitative estimate of drug-likeness (QED) is 0.217. The van der Waals surface area contributed by atoms with Crippen LogP contribution < -0.4 is 15.0 Å². The van der Waals surface area contributed by atoms with E-state index in [0.29, 0.717) is 18.4 Å². The molecule has 1 aliphatic heterocycles. The van der Waals surface area contributed by atoms with Gasteiger partial charge in [0, 0.05) is 17.7 Å². The number of hydrogen-bond acceptors (Lipinski definition) is 9. The largest absolute Gasteiger partial charge is 0.502 e. The van der Waals surface area contributed by atoms with E-state index in [9.17, 15) is 34.9 Å². The van der Waals surface area contributed by atoms with Gasteiger partial charge in [0.05, 0.1) is 28.2 Å². The second-order valence-corrected chi connectivity index (χ2v) is 6.69. The molecule has 0 radical (unpaired) electrons. The maximum Gasteiger partial charge on any atom is 0.318 e. The van der Waals surface area contributed by atoms with Crippen LogP contribution in [-0.2, 0) is 9.59 Å². The Morgan fingerprint density at radius 1 is 1.19 bits per heavy atom. The van der Waals surface area contributed by atoms with Gasteiger partial charge in [0.2, 0.25) is 5.75 Å². The molecule has 3 rings (SSSR count). The zero-order valence-corrected chi connectivity index (χ0v) is 17.1. The predicted octanol–water partition coefficient (Wildman–Crippen LogP) is 2.44. The van der Waals surface area contributed by atoms with Gasteiger partial charge in [0.1, 0.15) is 11.3 Å². The number of ether oxygens (including phenoxy) is 1. The summed E-state index contributed by atoms with van der Waals surface area (Å²) in [6.45, 7) is 2.14. The number of phenols is 1. The van der Waals surface area contributed by atoms with E-state index in [-0.39, 0.29) is 10.8 Å². The van der Waals surface area contributed by atoms with Gasteiger partial charge in [-0.1, -0.05) is 6.07 Å². The van der Waals surface area contributed by atoms with E-state index >= 15 is 0 Å². The molecule has 2 aromatic rings. The first kappa shape index (κ1) is 22.3. The van der Waals surface area contributed by atoms with Crippen LogP contribution in [0.4, 0.5) is 17.1 Å². The van der Waals surface area contributed by atoms with Gasteiger partial charge in [-0.15, -0.1) is 0 Å². The van der Waals surface area contributed by atoms with Crippen LogP contribution in [0.25, 0.3) is 6.08 Å². The van der Waals surface area contributed by atoms with Crippen molar-refractivity contribution >= 4 is 52.3 Å². The Kier molecular flexibility index (Phi) is 6.11. The van der Waals surface area contributed by atoms with E-state index in [1.165, 1.54) is 12.1 Å².